The molecule has 1 amide bonds. The average molecular weight is 330 g/mol. The molecule has 3 rings (SSSR count). The Kier molecular flexibility index (Phi) is 4.62. The molecule has 1 aromatic heterocycles. The molecular formula is C20H18N4O. The molecule has 124 valence electrons. The van der Waals surface area contributed by atoms with E-state index in [-0.39, 0.29) is 5.91 Å². The van der Waals surface area contributed by atoms with E-state index in [0.29, 0.717) is 17.7 Å². The molecule has 0 saturated heterocycles. The van der Waals surface area contributed by atoms with Gasteiger partial charge in [-0.15, -0.1) is 0 Å². The van der Waals surface area contributed by atoms with Gasteiger partial charge in [-0.3, -0.25) is 4.79 Å². The van der Waals surface area contributed by atoms with Crippen molar-refractivity contribution in [3.8, 4) is 11.8 Å². The molecular weight excluding hydrogens is 312 g/mol. The van der Waals surface area contributed by atoms with Crippen LogP contribution in [0, 0.1) is 18.3 Å². The topological polar surface area (TPSA) is 61.9 Å². The molecule has 2 aromatic carbocycles. The Morgan fingerprint density at radius 3 is 2.64 bits per heavy atom. The van der Waals surface area contributed by atoms with Crippen molar-refractivity contribution in [1.82, 2.24) is 14.7 Å². The van der Waals surface area contributed by atoms with Gasteiger partial charge in [0.05, 0.1) is 23.5 Å². The first-order chi connectivity index (χ1) is 12.1. The second-order valence-corrected chi connectivity index (χ2v) is 5.98. The molecule has 3 aromatic rings. The minimum Gasteiger partial charge on any atom is -0.337 e. The minimum atomic E-state index is -0.0643. The quantitative estimate of drug-likeness (QED) is 0.737. The fraction of sp³-hybridized carbons (Fsp3) is 0.150. The predicted molar refractivity (Wildman–Crippen MR) is 95.3 cm³/mol. The fourth-order valence-corrected chi connectivity index (χ4v) is 2.62. The maximum atomic E-state index is 12.6. The lowest BCUT2D eigenvalue weighted by Gasteiger charge is -2.17. The molecule has 0 unspecified atom stereocenters. The molecule has 25 heavy (non-hydrogen) atoms. The van der Waals surface area contributed by atoms with Crippen LogP contribution in [-0.4, -0.2) is 27.6 Å². The second-order valence-electron chi connectivity index (χ2n) is 5.98. The van der Waals surface area contributed by atoms with Gasteiger partial charge in [0.1, 0.15) is 0 Å². The van der Waals surface area contributed by atoms with Crippen molar-refractivity contribution < 1.29 is 4.79 Å². The molecule has 5 nitrogen and oxygen atoms in total. The summed E-state index contributed by atoms with van der Waals surface area (Å²) in [5, 5.41) is 13.2. The van der Waals surface area contributed by atoms with Crippen LogP contribution in [0.5, 0.6) is 0 Å². The Labute approximate surface area is 146 Å². The van der Waals surface area contributed by atoms with Gasteiger partial charge in [-0.2, -0.15) is 10.4 Å². The summed E-state index contributed by atoms with van der Waals surface area (Å²) in [5.74, 6) is -0.0643. The average Bonchev–Trinajstić information content (AvgIpc) is 3.07. The number of rotatable bonds is 4. The Morgan fingerprint density at radius 2 is 2.00 bits per heavy atom. The molecule has 1 heterocycles. The number of aromatic nitrogens is 2. The van der Waals surface area contributed by atoms with Gasteiger partial charge in [0, 0.05) is 25.4 Å². The third-order valence-corrected chi connectivity index (χ3v) is 3.91. The highest BCUT2D eigenvalue weighted by Gasteiger charge is 2.12. The van der Waals surface area contributed by atoms with E-state index in [1.165, 1.54) is 0 Å². The molecule has 0 atom stereocenters. The number of carbonyl (C=O) groups excluding carboxylic acids is 1. The number of amides is 1. The van der Waals surface area contributed by atoms with E-state index in [4.69, 9.17) is 5.26 Å². The monoisotopic (exact) mass is 330 g/mol. The largest absolute Gasteiger partial charge is 0.337 e. The Bertz CT molecular complexity index is 935. The molecule has 0 aliphatic carbocycles. The highest BCUT2D eigenvalue weighted by molar-refractivity contribution is 5.94. The second kappa shape index (κ2) is 7.02. The van der Waals surface area contributed by atoms with Gasteiger partial charge in [-0.25, -0.2) is 4.68 Å². The van der Waals surface area contributed by atoms with Crippen LogP contribution in [0.1, 0.15) is 27.0 Å². The predicted octanol–water partition coefficient (Wildman–Crippen LogP) is 3.32. The molecule has 0 saturated carbocycles. The van der Waals surface area contributed by atoms with Crippen molar-refractivity contribution in [3.05, 3.63) is 83.2 Å². The SMILES string of the molecule is Cc1cnn(-c2ccc(C(=O)N(C)Cc3cccc(C#N)c3)cc2)c1. The first kappa shape index (κ1) is 16.5. The third-order valence-electron chi connectivity index (χ3n) is 3.91. The summed E-state index contributed by atoms with van der Waals surface area (Å²) in [7, 11) is 1.76. The first-order valence-corrected chi connectivity index (χ1v) is 7.93. The highest BCUT2D eigenvalue weighted by Crippen LogP contribution is 2.13. The zero-order chi connectivity index (χ0) is 17.8. The summed E-state index contributed by atoms with van der Waals surface area (Å²) in [6.07, 6.45) is 3.73. The molecule has 0 aliphatic rings. The van der Waals surface area contributed by atoms with Crippen LogP contribution in [-0.2, 0) is 6.54 Å². The molecule has 0 fully saturated rings. The normalized spacial score (nSPS) is 10.3. The molecule has 0 N–H and O–H groups in total. The first-order valence-electron chi connectivity index (χ1n) is 7.93. The van der Waals surface area contributed by atoms with E-state index in [9.17, 15) is 4.79 Å². The van der Waals surface area contributed by atoms with Crippen LogP contribution >= 0.6 is 0 Å². The van der Waals surface area contributed by atoms with E-state index >= 15 is 0 Å². The van der Waals surface area contributed by atoms with Crippen LogP contribution in [0.4, 0.5) is 0 Å². The van der Waals surface area contributed by atoms with E-state index in [2.05, 4.69) is 11.2 Å². The van der Waals surface area contributed by atoms with Crippen molar-refractivity contribution in [3.63, 3.8) is 0 Å². The zero-order valence-corrected chi connectivity index (χ0v) is 14.2. The molecule has 0 spiro atoms. The lowest BCUT2D eigenvalue weighted by Crippen LogP contribution is -2.26. The van der Waals surface area contributed by atoms with Gasteiger partial charge in [-0.1, -0.05) is 12.1 Å². The van der Waals surface area contributed by atoms with Gasteiger partial charge in [0.25, 0.3) is 5.91 Å². The van der Waals surface area contributed by atoms with Gasteiger partial charge < -0.3 is 4.90 Å². The van der Waals surface area contributed by atoms with Crippen LogP contribution in [0.25, 0.3) is 5.69 Å². The van der Waals surface area contributed by atoms with Crippen LogP contribution < -0.4 is 0 Å². The van der Waals surface area contributed by atoms with Crippen molar-refractivity contribution in [2.45, 2.75) is 13.5 Å². The van der Waals surface area contributed by atoms with Crippen LogP contribution in [0.3, 0.4) is 0 Å². The van der Waals surface area contributed by atoms with Crippen molar-refractivity contribution >= 4 is 5.91 Å². The molecule has 0 bridgehead atoms. The third kappa shape index (κ3) is 3.75. The van der Waals surface area contributed by atoms with Crippen LogP contribution in [0.2, 0.25) is 0 Å². The van der Waals surface area contributed by atoms with Crippen molar-refractivity contribution in [1.29, 1.82) is 5.26 Å². The van der Waals surface area contributed by atoms with Gasteiger partial charge >= 0.3 is 0 Å². The standard InChI is InChI=1S/C20H18N4O/c1-15-12-22-24(13-15)19-8-6-18(7-9-19)20(25)23(2)14-17-5-3-4-16(10-17)11-21/h3-10,12-13H,14H2,1-2H3. The van der Waals surface area contributed by atoms with E-state index in [1.807, 2.05) is 37.4 Å². The summed E-state index contributed by atoms with van der Waals surface area (Å²) in [6, 6.07) is 16.8. The molecule has 0 radical (unpaired) electrons. The zero-order valence-electron chi connectivity index (χ0n) is 14.2. The lowest BCUT2D eigenvalue weighted by molar-refractivity contribution is 0.0785. The maximum Gasteiger partial charge on any atom is 0.253 e. The smallest absolute Gasteiger partial charge is 0.253 e. The highest BCUT2D eigenvalue weighted by atomic mass is 16.2. The summed E-state index contributed by atoms with van der Waals surface area (Å²) in [6.45, 7) is 2.44. The lowest BCUT2D eigenvalue weighted by atomic mass is 10.1. The fourth-order valence-electron chi connectivity index (χ4n) is 2.62. The summed E-state index contributed by atoms with van der Waals surface area (Å²) in [4.78, 5) is 14.2. The maximum absolute atomic E-state index is 12.6. The number of benzene rings is 2. The number of nitrogens with zero attached hydrogens (tertiary/aromatic N) is 4. The van der Waals surface area contributed by atoms with E-state index in [1.54, 1.807) is 47.1 Å². The number of carbonyl (C=O) groups is 1. The van der Waals surface area contributed by atoms with E-state index in [0.717, 1.165) is 16.8 Å². The molecule has 5 heteroatoms. The Morgan fingerprint density at radius 1 is 1.24 bits per heavy atom. The number of nitriles is 1. The van der Waals surface area contributed by atoms with Crippen molar-refractivity contribution in [2.75, 3.05) is 7.05 Å². The van der Waals surface area contributed by atoms with Crippen LogP contribution in [0.15, 0.2) is 60.9 Å². The summed E-state index contributed by atoms with van der Waals surface area (Å²) < 4.78 is 1.78. The van der Waals surface area contributed by atoms with Gasteiger partial charge in [0.2, 0.25) is 0 Å². The molecule has 0 aliphatic heterocycles. The Balaban J connectivity index is 1.72. The number of hydrogen-bond acceptors (Lipinski definition) is 3. The summed E-state index contributed by atoms with van der Waals surface area (Å²) in [5.41, 5.74) is 4.14. The van der Waals surface area contributed by atoms with Gasteiger partial charge in [0.15, 0.2) is 0 Å². The number of hydrogen-bond donors (Lipinski definition) is 0. The minimum absolute atomic E-state index is 0.0643. The van der Waals surface area contributed by atoms with Crippen molar-refractivity contribution in [2.24, 2.45) is 0 Å². The van der Waals surface area contributed by atoms with E-state index < -0.39 is 0 Å². The Hall–Kier alpha value is -3.39. The van der Waals surface area contributed by atoms with Gasteiger partial charge in [-0.05, 0) is 54.4 Å². The number of aryl methyl sites for hydroxylation is 1. The summed E-state index contributed by atoms with van der Waals surface area (Å²) >= 11 is 0.